The van der Waals surface area contributed by atoms with Gasteiger partial charge in [-0.1, -0.05) is 0 Å². The zero-order valence-corrected chi connectivity index (χ0v) is 11.0. The summed E-state index contributed by atoms with van der Waals surface area (Å²) in [4.78, 5) is 24.5. The number of nitrogens with zero attached hydrogens (tertiary/aromatic N) is 2. The summed E-state index contributed by atoms with van der Waals surface area (Å²) >= 11 is 0. The number of carboxylic acids is 1. The van der Waals surface area contributed by atoms with E-state index in [-0.39, 0.29) is 18.4 Å². The van der Waals surface area contributed by atoms with Crippen LogP contribution in [0.3, 0.4) is 0 Å². The van der Waals surface area contributed by atoms with E-state index in [0.717, 1.165) is 0 Å². The second-order valence-corrected chi connectivity index (χ2v) is 4.23. The first-order valence-electron chi connectivity index (χ1n) is 6.02. The quantitative estimate of drug-likeness (QED) is 0.876. The largest absolute Gasteiger partial charge is 0.481 e. The molecule has 0 aliphatic heterocycles. The van der Waals surface area contributed by atoms with E-state index in [1.807, 2.05) is 6.07 Å². The molecule has 0 spiro atoms. The molecule has 0 radical (unpaired) electrons. The average Bonchev–Trinajstić information content (AvgIpc) is 2.38. The van der Waals surface area contributed by atoms with Crippen LogP contribution in [0.2, 0.25) is 0 Å². The predicted octanol–water partition coefficient (Wildman–Crippen LogP) is 1.88. The van der Waals surface area contributed by atoms with Crippen LogP contribution in [-0.2, 0) is 4.79 Å². The monoisotopic (exact) mass is 260 g/mol. The van der Waals surface area contributed by atoms with Crippen LogP contribution in [0.4, 0.5) is 0 Å². The van der Waals surface area contributed by atoms with Gasteiger partial charge in [-0.15, -0.1) is 0 Å². The van der Waals surface area contributed by atoms with Crippen molar-refractivity contribution in [2.45, 2.75) is 26.3 Å². The summed E-state index contributed by atoms with van der Waals surface area (Å²) in [6.07, 6.45) is -0.0874. The van der Waals surface area contributed by atoms with Gasteiger partial charge < -0.3 is 10.0 Å². The van der Waals surface area contributed by atoms with E-state index in [4.69, 9.17) is 10.4 Å². The lowest BCUT2D eigenvalue weighted by atomic mass is 10.1. The molecule has 5 heteroatoms. The maximum Gasteiger partial charge on any atom is 0.305 e. The molecule has 0 bridgehead atoms. The van der Waals surface area contributed by atoms with Crippen molar-refractivity contribution in [3.63, 3.8) is 0 Å². The fourth-order valence-corrected chi connectivity index (χ4v) is 1.87. The molecule has 5 nitrogen and oxygen atoms in total. The lowest BCUT2D eigenvalue weighted by molar-refractivity contribution is -0.138. The number of rotatable bonds is 5. The molecule has 1 amide bonds. The fraction of sp³-hybridized carbons (Fsp3) is 0.357. The second kappa shape index (κ2) is 6.55. The molecule has 19 heavy (non-hydrogen) atoms. The van der Waals surface area contributed by atoms with E-state index in [0.29, 0.717) is 17.7 Å². The zero-order chi connectivity index (χ0) is 14.4. The van der Waals surface area contributed by atoms with E-state index >= 15 is 0 Å². The van der Waals surface area contributed by atoms with Crippen LogP contribution in [-0.4, -0.2) is 34.5 Å². The zero-order valence-electron chi connectivity index (χ0n) is 11.0. The fourth-order valence-electron chi connectivity index (χ4n) is 1.87. The molecule has 0 saturated carbocycles. The highest BCUT2D eigenvalue weighted by atomic mass is 16.4. The van der Waals surface area contributed by atoms with Gasteiger partial charge >= 0.3 is 5.97 Å². The van der Waals surface area contributed by atoms with E-state index < -0.39 is 5.97 Å². The summed E-state index contributed by atoms with van der Waals surface area (Å²) in [5.74, 6) is -1.15. The van der Waals surface area contributed by atoms with Gasteiger partial charge in [-0.05, 0) is 38.1 Å². The third kappa shape index (κ3) is 3.81. The Labute approximate surface area is 112 Å². The van der Waals surface area contributed by atoms with Gasteiger partial charge in [0.05, 0.1) is 18.1 Å². The van der Waals surface area contributed by atoms with Gasteiger partial charge in [0.1, 0.15) is 0 Å². The maximum atomic E-state index is 12.2. The van der Waals surface area contributed by atoms with E-state index in [1.165, 1.54) is 4.90 Å². The molecule has 0 aliphatic carbocycles. The molecule has 1 unspecified atom stereocenters. The van der Waals surface area contributed by atoms with Crippen molar-refractivity contribution >= 4 is 11.9 Å². The molecular formula is C14H16N2O3. The Morgan fingerprint density at radius 1 is 1.37 bits per heavy atom. The van der Waals surface area contributed by atoms with Crippen LogP contribution >= 0.6 is 0 Å². The molecule has 100 valence electrons. The number of aliphatic carboxylic acids is 1. The number of carbonyl (C=O) groups excluding carboxylic acids is 1. The van der Waals surface area contributed by atoms with Gasteiger partial charge in [-0.25, -0.2) is 0 Å². The Balaban J connectivity index is 2.88. The third-order valence-electron chi connectivity index (χ3n) is 2.86. The standard InChI is InChI=1S/C14H16N2O3/c1-3-16(10(2)8-13(17)18)14(19)12-6-4-11(9-15)5-7-12/h4-7,10H,3,8H2,1-2H3,(H,17,18). The van der Waals surface area contributed by atoms with E-state index in [2.05, 4.69) is 0 Å². The van der Waals surface area contributed by atoms with Crippen molar-refractivity contribution < 1.29 is 14.7 Å². The molecule has 0 heterocycles. The number of amides is 1. The summed E-state index contributed by atoms with van der Waals surface area (Å²) in [5.41, 5.74) is 0.941. The predicted molar refractivity (Wildman–Crippen MR) is 69.6 cm³/mol. The van der Waals surface area contributed by atoms with Gasteiger partial charge in [0.15, 0.2) is 0 Å². The Morgan fingerprint density at radius 2 is 1.95 bits per heavy atom. The van der Waals surface area contributed by atoms with E-state index in [9.17, 15) is 9.59 Å². The summed E-state index contributed by atoms with van der Waals surface area (Å²) in [7, 11) is 0. The molecule has 0 fully saturated rings. The molecule has 1 rings (SSSR count). The van der Waals surface area contributed by atoms with Crippen LogP contribution in [0.25, 0.3) is 0 Å². The van der Waals surface area contributed by atoms with Gasteiger partial charge in [-0.3, -0.25) is 9.59 Å². The van der Waals surface area contributed by atoms with Crippen molar-refractivity contribution in [2.24, 2.45) is 0 Å². The van der Waals surface area contributed by atoms with Crippen molar-refractivity contribution in [1.29, 1.82) is 5.26 Å². The molecular weight excluding hydrogens is 244 g/mol. The van der Waals surface area contributed by atoms with Gasteiger partial charge in [0, 0.05) is 18.2 Å². The normalized spacial score (nSPS) is 11.4. The highest BCUT2D eigenvalue weighted by molar-refractivity contribution is 5.94. The third-order valence-corrected chi connectivity index (χ3v) is 2.86. The first kappa shape index (κ1) is 14.7. The first-order chi connectivity index (χ1) is 8.99. The number of carbonyl (C=O) groups is 2. The maximum absolute atomic E-state index is 12.2. The number of nitriles is 1. The van der Waals surface area contributed by atoms with Crippen LogP contribution < -0.4 is 0 Å². The van der Waals surface area contributed by atoms with Crippen LogP contribution in [0.5, 0.6) is 0 Å². The lowest BCUT2D eigenvalue weighted by Crippen LogP contribution is -2.39. The average molecular weight is 260 g/mol. The van der Waals surface area contributed by atoms with Gasteiger partial charge in [0.25, 0.3) is 5.91 Å². The minimum atomic E-state index is -0.932. The van der Waals surface area contributed by atoms with Crippen LogP contribution in [0, 0.1) is 11.3 Å². The first-order valence-corrected chi connectivity index (χ1v) is 6.02. The SMILES string of the molecule is CCN(C(=O)c1ccc(C#N)cc1)C(C)CC(=O)O. The lowest BCUT2D eigenvalue weighted by Gasteiger charge is -2.27. The highest BCUT2D eigenvalue weighted by Crippen LogP contribution is 2.12. The van der Waals surface area contributed by atoms with Crippen LogP contribution in [0.15, 0.2) is 24.3 Å². The summed E-state index contributed by atoms with van der Waals surface area (Å²) in [5, 5.41) is 17.5. The van der Waals surface area contributed by atoms with Gasteiger partial charge in [-0.2, -0.15) is 5.26 Å². The summed E-state index contributed by atoms with van der Waals surface area (Å²) in [6.45, 7) is 3.95. The topological polar surface area (TPSA) is 81.4 Å². The van der Waals surface area contributed by atoms with Gasteiger partial charge in [0.2, 0.25) is 0 Å². The molecule has 0 saturated heterocycles. The molecule has 0 aromatic heterocycles. The smallest absolute Gasteiger partial charge is 0.305 e. The molecule has 0 aliphatic rings. The minimum absolute atomic E-state index is 0.0874. The number of carboxylic acid groups (broad SMARTS) is 1. The molecule has 1 N–H and O–H groups in total. The second-order valence-electron chi connectivity index (χ2n) is 4.23. The Bertz CT molecular complexity index is 502. The summed E-state index contributed by atoms with van der Waals surface area (Å²) in [6, 6.07) is 7.92. The minimum Gasteiger partial charge on any atom is -0.481 e. The van der Waals surface area contributed by atoms with E-state index in [1.54, 1.807) is 38.1 Å². The molecule has 1 aromatic rings. The Kier molecular flexibility index (Phi) is 5.07. The Morgan fingerprint density at radius 3 is 2.37 bits per heavy atom. The number of hydrogen-bond acceptors (Lipinski definition) is 3. The highest BCUT2D eigenvalue weighted by Gasteiger charge is 2.21. The Hall–Kier alpha value is -2.35. The number of benzene rings is 1. The molecule has 1 aromatic carbocycles. The van der Waals surface area contributed by atoms with Crippen molar-refractivity contribution in [3.8, 4) is 6.07 Å². The summed E-state index contributed by atoms with van der Waals surface area (Å²) < 4.78 is 0. The van der Waals surface area contributed by atoms with Crippen molar-refractivity contribution in [2.75, 3.05) is 6.54 Å². The molecule has 1 atom stereocenters. The van der Waals surface area contributed by atoms with Crippen LogP contribution in [0.1, 0.15) is 36.2 Å². The van der Waals surface area contributed by atoms with Crippen molar-refractivity contribution in [1.82, 2.24) is 4.90 Å². The van der Waals surface area contributed by atoms with Crippen molar-refractivity contribution in [3.05, 3.63) is 35.4 Å². The number of hydrogen-bond donors (Lipinski definition) is 1.